The third-order valence-electron chi connectivity index (χ3n) is 2.10. The summed E-state index contributed by atoms with van der Waals surface area (Å²) in [6.07, 6.45) is 0. The van der Waals surface area contributed by atoms with Crippen LogP contribution in [0.2, 0.25) is 0 Å². The fourth-order valence-electron chi connectivity index (χ4n) is 1.46. The number of rotatable bonds is 2. The lowest BCUT2D eigenvalue weighted by molar-refractivity contribution is 0.100. The Labute approximate surface area is 82.1 Å². The first-order chi connectivity index (χ1) is 6.79. The summed E-state index contributed by atoms with van der Waals surface area (Å²) in [7, 11) is -0.446. The van der Waals surface area contributed by atoms with E-state index in [1.54, 1.807) is 18.2 Å². The second-order valence-corrected chi connectivity index (χ2v) is 3.03. The second-order valence-electron chi connectivity index (χ2n) is 3.03. The third kappa shape index (κ3) is 1.64. The zero-order chi connectivity index (χ0) is 9.97. The van der Waals surface area contributed by atoms with Crippen molar-refractivity contribution in [3.8, 4) is 0 Å². The molecule has 0 spiro atoms. The van der Waals surface area contributed by atoms with Gasteiger partial charge in [0.1, 0.15) is 0 Å². The van der Waals surface area contributed by atoms with Gasteiger partial charge in [-0.25, -0.2) is 0 Å². The molecule has 0 atom stereocenters. The van der Waals surface area contributed by atoms with Crippen LogP contribution in [0.3, 0.4) is 0 Å². The highest BCUT2D eigenvalue weighted by atomic mass is 16.6. The summed E-state index contributed by atoms with van der Waals surface area (Å²) in [5.74, 6) is -0.459. The molecule has 14 heavy (non-hydrogen) atoms. The molecule has 2 N–H and O–H groups in total. The average Bonchev–Trinajstić information content (AvgIpc) is 2.70. The van der Waals surface area contributed by atoms with E-state index < -0.39 is 13.0 Å². The van der Waals surface area contributed by atoms with Crippen LogP contribution in [0.15, 0.2) is 24.3 Å². The van der Waals surface area contributed by atoms with Crippen molar-refractivity contribution in [2.45, 2.75) is 0 Å². The summed E-state index contributed by atoms with van der Waals surface area (Å²) in [4.78, 5) is 11.1. The molecule has 1 amide bonds. The quantitative estimate of drug-likeness (QED) is 0.642. The van der Waals surface area contributed by atoms with Gasteiger partial charge >= 0.3 is 7.12 Å². The predicted molar refractivity (Wildman–Crippen MR) is 52.3 cm³/mol. The molecule has 5 heteroatoms. The van der Waals surface area contributed by atoms with Gasteiger partial charge in [0, 0.05) is 5.56 Å². The molecular weight excluding hydrogens is 181 g/mol. The Morgan fingerprint density at radius 2 is 1.93 bits per heavy atom. The Bertz CT molecular complexity index is 350. The van der Waals surface area contributed by atoms with Crippen molar-refractivity contribution in [1.29, 1.82) is 0 Å². The van der Waals surface area contributed by atoms with Crippen molar-refractivity contribution >= 4 is 18.5 Å². The molecule has 0 aliphatic carbocycles. The van der Waals surface area contributed by atoms with E-state index in [0.717, 1.165) is 0 Å². The minimum absolute atomic E-state index is 0.446. The molecule has 0 saturated carbocycles. The first-order valence-electron chi connectivity index (χ1n) is 4.41. The van der Waals surface area contributed by atoms with Gasteiger partial charge in [-0.05, 0) is 11.5 Å². The molecule has 1 aliphatic heterocycles. The van der Waals surface area contributed by atoms with Crippen molar-refractivity contribution in [1.82, 2.24) is 0 Å². The van der Waals surface area contributed by atoms with Gasteiger partial charge in [-0.15, -0.1) is 0 Å². The van der Waals surface area contributed by atoms with Crippen LogP contribution in [0.1, 0.15) is 10.4 Å². The zero-order valence-electron chi connectivity index (χ0n) is 7.60. The van der Waals surface area contributed by atoms with Gasteiger partial charge in [0.25, 0.3) is 0 Å². The highest BCUT2D eigenvalue weighted by Crippen LogP contribution is 2.04. The van der Waals surface area contributed by atoms with Crippen LogP contribution in [-0.2, 0) is 9.31 Å². The van der Waals surface area contributed by atoms with Crippen LogP contribution in [0.4, 0.5) is 0 Å². The summed E-state index contributed by atoms with van der Waals surface area (Å²) in [6, 6.07) is 7.05. The number of hydrogen-bond acceptors (Lipinski definition) is 3. The summed E-state index contributed by atoms with van der Waals surface area (Å²) in [5, 5.41) is 0. The number of nitrogens with two attached hydrogens (primary N) is 1. The maximum absolute atomic E-state index is 11.1. The molecule has 72 valence electrons. The lowest BCUT2D eigenvalue weighted by atomic mass is 9.76. The summed E-state index contributed by atoms with van der Waals surface area (Å²) < 4.78 is 10.6. The van der Waals surface area contributed by atoms with Gasteiger partial charge in [-0.1, -0.05) is 18.2 Å². The molecule has 2 rings (SSSR count). The van der Waals surface area contributed by atoms with Crippen molar-refractivity contribution in [2.75, 3.05) is 13.2 Å². The maximum Gasteiger partial charge on any atom is 0.494 e. The molecule has 1 aliphatic rings. The lowest BCUT2D eigenvalue weighted by Gasteiger charge is -2.07. The number of benzene rings is 1. The van der Waals surface area contributed by atoms with Crippen LogP contribution >= 0.6 is 0 Å². The molecule has 1 aromatic carbocycles. The van der Waals surface area contributed by atoms with E-state index in [1.807, 2.05) is 6.07 Å². The second kappa shape index (κ2) is 3.81. The minimum Gasteiger partial charge on any atom is -0.405 e. The molecule has 0 bridgehead atoms. The smallest absolute Gasteiger partial charge is 0.405 e. The molecule has 1 aromatic rings. The molecular formula is C9H10BNO3. The molecule has 1 fully saturated rings. The largest absolute Gasteiger partial charge is 0.494 e. The molecule has 4 nitrogen and oxygen atoms in total. The van der Waals surface area contributed by atoms with Crippen LogP contribution < -0.4 is 11.2 Å². The van der Waals surface area contributed by atoms with E-state index in [9.17, 15) is 4.79 Å². The van der Waals surface area contributed by atoms with Gasteiger partial charge in [-0.2, -0.15) is 0 Å². The standard InChI is InChI=1S/C9H10BNO3/c11-9(12)7-3-1-2-4-8(7)10-13-5-6-14-10/h1-4H,5-6H2,(H2,11,12). The summed E-state index contributed by atoms with van der Waals surface area (Å²) >= 11 is 0. The maximum atomic E-state index is 11.1. The summed E-state index contributed by atoms with van der Waals surface area (Å²) in [5.41, 5.74) is 6.40. The molecule has 1 saturated heterocycles. The van der Waals surface area contributed by atoms with E-state index in [4.69, 9.17) is 15.0 Å². The SMILES string of the molecule is NC(=O)c1ccccc1B1OCCO1. The first kappa shape index (κ1) is 9.24. The summed E-state index contributed by atoms with van der Waals surface area (Å²) in [6.45, 7) is 1.11. The van der Waals surface area contributed by atoms with Crippen molar-refractivity contribution in [3.05, 3.63) is 29.8 Å². The fraction of sp³-hybridized carbons (Fsp3) is 0.222. The Morgan fingerprint density at radius 3 is 2.57 bits per heavy atom. The van der Waals surface area contributed by atoms with E-state index >= 15 is 0 Å². The van der Waals surface area contributed by atoms with Crippen LogP contribution in [0.5, 0.6) is 0 Å². The number of carbonyl (C=O) groups excluding carboxylic acids is 1. The van der Waals surface area contributed by atoms with E-state index in [2.05, 4.69) is 0 Å². The lowest BCUT2D eigenvalue weighted by Crippen LogP contribution is -2.37. The molecule has 0 unspecified atom stereocenters. The Hall–Kier alpha value is -1.33. The monoisotopic (exact) mass is 191 g/mol. The van der Waals surface area contributed by atoms with Gasteiger partial charge in [-0.3, -0.25) is 4.79 Å². The van der Waals surface area contributed by atoms with Crippen LogP contribution in [0.25, 0.3) is 0 Å². The van der Waals surface area contributed by atoms with Crippen molar-refractivity contribution < 1.29 is 14.1 Å². The highest BCUT2D eigenvalue weighted by Gasteiger charge is 2.29. The number of primary amides is 1. The van der Waals surface area contributed by atoms with Crippen LogP contribution in [-0.4, -0.2) is 26.2 Å². The highest BCUT2D eigenvalue weighted by molar-refractivity contribution is 6.63. The molecule has 1 heterocycles. The normalized spacial score (nSPS) is 15.9. The Kier molecular flexibility index (Phi) is 2.52. The van der Waals surface area contributed by atoms with Crippen molar-refractivity contribution in [3.63, 3.8) is 0 Å². The number of hydrogen-bond donors (Lipinski definition) is 1. The zero-order valence-corrected chi connectivity index (χ0v) is 7.60. The van der Waals surface area contributed by atoms with Gasteiger partial charge in [0.15, 0.2) is 0 Å². The number of carbonyl (C=O) groups is 1. The van der Waals surface area contributed by atoms with E-state index in [1.165, 1.54) is 0 Å². The van der Waals surface area contributed by atoms with Gasteiger partial charge in [0.2, 0.25) is 5.91 Å². The molecule has 0 aromatic heterocycles. The van der Waals surface area contributed by atoms with E-state index in [-0.39, 0.29) is 0 Å². The van der Waals surface area contributed by atoms with Gasteiger partial charge in [0.05, 0.1) is 13.2 Å². The Morgan fingerprint density at radius 1 is 1.29 bits per heavy atom. The van der Waals surface area contributed by atoms with Gasteiger partial charge < -0.3 is 15.0 Å². The van der Waals surface area contributed by atoms with Crippen molar-refractivity contribution in [2.24, 2.45) is 5.73 Å². The van der Waals surface area contributed by atoms with E-state index in [0.29, 0.717) is 24.2 Å². The molecule has 0 radical (unpaired) electrons. The predicted octanol–water partition coefficient (Wildman–Crippen LogP) is -0.473. The average molecular weight is 191 g/mol. The fourth-order valence-corrected chi connectivity index (χ4v) is 1.46. The van der Waals surface area contributed by atoms with Crippen LogP contribution in [0, 0.1) is 0 Å². The topological polar surface area (TPSA) is 61.6 Å². The third-order valence-corrected chi connectivity index (χ3v) is 2.10. The minimum atomic E-state index is -0.459. The first-order valence-corrected chi connectivity index (χ1v) is 4.41. The number of amides is 1. The Balaban J connectivity index is 2.35.